The fourth-order valence-electron chi connectivity index (χ4n) is 2.60. The van der Waals surface area contributed by atoms with E-state index in [2.05, 4.69) is 26.6 Å². The van der Waals surface area contributed by atoms with Gasteiger partial charge in [-0.05, 0) is 52.9 Å². The molecule has 0 radical (unpaired) electrons. The number of hydrogen-bond acceptors (Lipinski definition) is 5. The molecule has 0 unspecified atom stereocenters. The molecule has 8 heteroatoms. The van der Waals surface area contributed by atoms with Crippen molar-refractivity contribution >= 4 is 27.9 Å². The monoisotopic (exact) mass is 426 g/mol. The van der Waals surface area contributed by atoms with Crippen LogP contribution in [0.3, 0.4) is 0 Å². The molecule has 3 N–H and O–H groups in total. The van der Waals surface area contributed by atoms with E-state index in [0.717, 1.165) is 6.42 Å². The van der Waals surface area contributed by atoms with Gasteiger partial charge in [-0.2, -0.15) is 0 Å². The molecule has 1 aliphatic rings. The van der Waals surface area contributed by atoms with E-state index in [9.17, 15) is 14.7 Å². The standard InChI is InChI=1S/C18H23BrN2O5/c1-9(2)5-6-26-17(23)14-10(3)20-18(24)21-15(14)11-7-12(19)16(22)13(8-11)25-4/h7-9,15,22H,5-6H2,1-4H3,(H2,20,21,24)/t15-/m1/s1. The number of phenols is 1. The highest BCUT2D eigenvalue weighted by atomic mass is 79.9. The predicted molar refractivity (Wildman–Crippen MR) is 99.9 cm³/mol. The van der Waals surface area contributed by atoms with Gasteiger partial charge in [0.2, 0.25) is 0 Å². The molecule has 0 aromatic heterocycles. The number of benzene rings is 1. The van der Waals surface area contributed by atoms with Crippen LogP contribution in [0.15, 0.2) is 27.9 Å². The molecule has 0 bridgehead atoms. The molecule has 1 heterocycles. The van der Waals surface area contributed by atoms with Crippen molar-refractivity contribution in [1.29, 1.82) is 0 Å². The maximum absolute atomic E-state index is 12.6. The molecule has 1 aromatic carbocycles. The Kier molecular flexibility index (Phi) is 6.52. The Balaban J connectivity index is 2.38. The molecule has 1 aliphatic heterocycles. The second kappa shape index (κ2) is 8.44. The van der Waals surface area contributed by atoms with E-state index in [-0.39, 0.29) is 11.5 Å². The van der Waals surface area contributed by atoms with Gasteiger partial charge in [0.05, 0.1) is 29.8 Å². The van der Waals surface area contributed by atoms with Gasteiger partial charge in [0.15, 0.2) is 11.5 Å². The van der Waals surface area contributed by atoms with Crippen molar-refractivity contribution in [2.24, 2.45) is 5.92 Å². The quantitative estimate of drug-likeness (QED) is 0.605. The zero-order chi connectivity index (χ0) is 19.4. The molecular formula is C18H23BrN2O5. The zero-order valence-electron chi connectivity index (χ0n) is 15.2. The Labute approximate surface area is 160 Å². The minimum atomic E-state index is -0.721. The number of amides is 2. The van der Waals surface area contributed by atoms with Crippen LogP contribution in [0.25, 0.3) is 0 Å². The van der Waals surface area contributed by atoms with Gasteiger partial charge in [-0.25, -0.2) is 9.59 Å². The summed E-state index contributed by atoms with van der Waals surface area (Å²) in [5.74, 6) is 0.0876. The molecule has 0 saturated carbocycles. The first kappa shape index (κ1) is 20.1. The van der Waals surface area contributed by atoms with Crippen molar-refractivity contribution in [3.8, 4) is 11.5 Å². The maximum atomic E-state index is 12.6. The normalized spacial score (nSPS) is 17.0. The van der Waals surface area contributed by atoms with Crippen molar-refractivity contribution in [2.75, 3.05) is 13.7 Å². The van der Waals surface area contributed by atoms with Crippen LogP contribution >= 0.6 is 15.9 Å². The van der Waals surface area contributed by atoms with Gasteiger partial charge in [0.25, 0.3) is 0 Å². The number of methoxy groups -OCH3 is 1. The van der Waals surface area contributed by atoms with Crippen molar-refractivity contribution in [3.05, 3.63) is 33.4 Å². The highest BCUT2D eigenvalue weighted by Crippen LogP contribution is 2.39. The number of rotatable bonds is 6. The van der Waals surface area contributed by atoms with E-state index in [4.69, 9.17) is 9.47 Å². The van der Waals surface area contributed by atoms with Gasteiger partial charge in [-0.15, -0.1) is 0 Å². The maximum Gasteiger partial charge on any atom is 0.338 e. The highest BCUT2D eigenvalue weighted by molar-refractivity contribution is 9.10. The third kappa shape index (κ3) is 4.49. The number of carbonyl (C=O) groups excluding carboxylic acids is 2. The second-order valence-corrected chi connectivity index (χ2v) is 7.30. The minimum absolute atomic E-state index is 0.0572. The van der Waals surface area contributed by atoms with E-state index in [1.807, 2.05) is 13.8 Å². The number of esters is 1. The molecule has 1 atom stereocenters. The summed E-state index contributed by atoms with van der Waals surface area (Å²) in [6.07, 6.45) is 0.751. The fraction of sp³-hybridized carbons (Fsp3) is 0.444. The Hall–Kier alpha value is -2.22. The van der Waals surface area contributed by atoms with Gasteiger partial charge >= 0.3 is 12.0 Å². The number of hydrogen-bond donors (Lipinski definition) is 3. The van der Waals surface area contributed by atoms with E-state index in [1.54, 1.807) is 19.1 Å². The lowest BCUT2D eigenvalue weighted by Crippen LogP contribution is -2.45. The first-order valence-electron chi connectivity index (χ1n) is 8.26. The van der Waals surface area contributed by atoms with Crippen LogP contribution in [-0.4, -0.2) is 30.8 Å². The molecule has 2 amide bonds. The van der Waals surface area contributed by atoms with Crippen LogP contribution in [-0.2, 0) is 9.53 Å². The first-order chi connectivity index (χ1) is 12.2. The predicted octanol–water partition coefficient (Wildman–Crippen LogP) is 3.38. The van der Waals surface area contributed by atoms with Gasteiger partial charge in [0, 0.05) is 5.70 Å². The Morgan fingerprint density at radius 3 is 2.69 bits per heavy atom. The molecular weight excluding hydrogens is 404 g/mol. The third-order valence-electron chi connectivity index (χ3n) is 4.02. The van der Waals surface area contributed by atoms with Crippen LogP contribution < -0.4 is 15.4 Å². The lowest BCUT2D eigenvalue weighted by atomic mass is 9.95. The number of aromatic hydroxyl groups is 1. The summed E-state index contributed by atoms with van der Waals surface area (Å²) in [6.45, 7) is 6.04. The van der Waals surface area contributed by atoms with Crippen LogP contribution in [0.1, 0.15) is 38.8 Å². The van der Waals surface area contributed by atoms with Crippen LogP contribution in [0.5, 0.6) is 11.5 Å². The Bertz CT molecular complexity index is 745. The number of nitrogens with one attached hydrogen (secondary N) is 2. The van der Waals surface area contributed by atoms with E-state index >= 15 is 0 Å². The number of urea groups is 1. The summed E-state index contributed by atoms with van der Waals surface area (Å²) in [5.41, 5.74) is 1.32. The Morgan fingerprint density at radius 1 is 1.38 bits per heavy atom. The summed E-state index contributed by atoms with van der Waals surface area (Å²) in [4.78, 5) is 24.6. The molecule has 26 heavy (non-hydrogen) atoms. The van der Waals surface area contributed by atoms with E-state index in [0.29, 0.717) is 33.8 Å². The first-order valence-corrected chi connectivity index (χ1v) is 9.05. The summed E-state index contributed by atoms with van der Waals surface area (Å²) in [6, 6.07) is 2.06. The zero-order valence-corrected chi connectivity index (χ0v) is 16.8. The number of halogens is 1. The van der Waals surface area contributed by atoms with Crippen molar-refractivity contribution in [3.63, 3.8) is 0 Å². The van der Waals surface area contributed by atoms with E-state index in [1.165, 1.54) is 7.11 Å². The highest BCUT2D eigenvalue weighted by Gasteiger charge is 2.33. The molecule has 2 rings (SSSR count). The smallest absolute Gasteiger partial charge is 0.338 e. The van der Waals surface area contributed by atoms with Crippen LogP contribution in [0.2, 0.25) is 0 Å². The number of carbonyl (C=O) groups is 2. The summed E-state index contributed by atoms with van der Waals surface area (Å²) >= 11 is 3.26. The molecule has 0 saturated heterocycles. The van der Waals surface area contributed by atoms with Crippen molar-refractivity contribution in [1.82, 2.24) is 10.6 Å². The number of ether oxygens (including phenoxy) is 2. The summed E-state index contributed by atoms with van der Waals surface area (Å²) < 4.78 is 10.9. The largest absolute Gasteiger partial charge is 0.503 e. The topological polar surface area (TPSA) is 96.9 Å². The van der Waals surface area contributed by atoms with Gasteiger partial charge in [-0.3, -0.25) is 0 Å². The molecule has 0 spiro atoms. The average molecular weight is 427 g/mol. The lowest BCUT2D eigenvalue weighted by Gasteiger charge is -2.28. The van der Waals surface area contributed by atoms with Crippen LogP contribution in [0.4, 0.5) is 4.79 Å². The third-order valence-corrected chi connectivity index (χ3v) is 4.63. The molecule has 142 valence electrons. The lowest BCUT2D eigenvalue weighted by molar-refractivity contribution is -0.139. The van der Waals surface area contributed by atoms with Crippen molar-refractivity contribution in [2.45, 2.75) is 33.2 Å². The fourth-order valence-corrected chi connectivity index (χ4v) is 3.06. The summed E-state index contributed by atoms with van der Waals surface area (Å²) in [5, 5.41) is 15.3. The molecule has 7 nitrogen and oxygen atoms in total. The summed E-state index contributed by atoms with van der Waals surface area (Å²) in [7, 11) is 1.43. The minimum Gasteiger partial charge on any atom is -0.503 e. The molecule has 0 fully saturated rings. The van der Waals surface area contributed by atoms with Crippen molar-refractivity contribution < 1.29 is 24.2 Å². The van der Waals surface area contributed by atoms with Crippen LogP contribution in [0, 0.1) is 5.92 Å². The van der Waals surface area contributed by atoms with Gasteiger partial charge in [0.1, 0.15) is 0 Å². The molecule has 1 aromatic rings. The SMILES string of the molecule is COc1cc([C@H]2NC(=O)NC(C)=C2C(=O)OCCC(C)C)cc(Br)c1O. The average Bonchev–Trinajstić information content (AvgIpc) is 2.55. The number of phenolic OH excluding ortho intramolecular Hbond substituents is 1. The number of allylic oxidation sites excluding steroid dienone is 1. The van der Waals surface area contributed by atoms with E-state index < -0.39 is 18.0 Å². The Morgan fingerprint density at radius 2 is 2.08 bits per heavy atom. The van der Waals surface area contributed by atoms with Gasteiger partial charge < -0.3 is 25.2 Å². The molecule has 0 aliphatic carbocycles. The second-order valence-electron chi connectivity index (χ2n) is 6.44. The van der Waals surface area contributed by atoms with Gasteiger partial charge in [-0.1, -0.05) is 13.8 Å².